The molecule has 2 aromatic carbocycles. The molecule has 198 valence electrons. The lowest BCUT2D eigenvalue weighted by molar-refractivity contribution is -0.140. The number of methoxy groups -OCH3 is 2. The summed E-state index contributed by atoms with van der Waals surface area (Å²) in [5.41, 5.74) is 2.32. The van der Waals surface area contributed by atoms with Crippen LogP contribution in [0.4, 0.5) is 0 Å². The van der Waals surface area contributed by atoms with Crippen LogP contribution in [0.1, 0.15) is 43.5 Å². The zero-order chi connectivity index (χ0) is 26.7. The lowest BCUT2D eigenvalue weighted by Crippen LogP contribution is -2.42. The molecule has 1 N–H and O–H groups in total. The van der Waals surface area contributed by atoms with E-state index in [9.17, 15) is 14.7 Å². The van der Waals surface area contributed by atoms with Crippen LogP contribution >= 0.6 is 0 Å². The van der Waals surface area contributed by atoms with Crippen molar-refractivity contribution in [3.05, 3.63) is 64.7 Å². The maximum absolute atomic E-state index is 13.4. The molecule has 1 atom stereocenters. The molecule has 37 heavy (non-hydrogen) atoms. The Balaban J connectivity index is 1.77. The number of Topliss-reactive ketones (excluding diaryl/α,β-unsaturated/α-hetero) is 1. The van der Waals surface area contributed by atoms with Gasteiger partial charge in [-0.3, -0.25) is 14.5 Å². The number of rotatable bonds is 7. The van der Waals surface area contributed by atoms with Gasteiger partial charge in [0.1, 0.15) is 5.76 Å². The highest BCUT2D eigenvalue weighted by Gasteiger charge is 2.46. The number of benzene rings is 2. The first-order valence-corrected chi connectivity index (χ1v) is 12.6. The van der Waals surface area contributed by atoms with Gasteiger partial charge in [0.05, 0.1) is 39.0 Å². The van der Waals surface area contributed by atoms with Gasteiger partial charge in [-0.25, -0.2) is 0 Å². The Morgan fingerprint density at radius 2 is 1.62 bits per heavy atom. The Labute approximate surface area is 218 Å². The molecule has 1 amide bonds. The number of nitrogens with zero attached hydrogens (tertiary/aromatic N) is 2. The number of ether oxygens (including phenoxy) is 3. The highest BCUT2D eigenvalue weighted by molar-refractivity contribution is 6.46. The summed E-state index contributed by atoms with van der Waals surface area (Å²) in [5, 5.41) is 11.4. The van der Waals surface area contributed by atoms with Gasteiger partial charge in [0.25, 0.3) is 11.7 Å². The monoisotopic (exact) mass is 508 g/mol. The molecule has 2 heterocycles. The van der Waals surface area contributed by atoms with Gasteiger partial charge in [0.15, 0.2) is 11.5 Å². The predicted octanol–water partition coefficient (Wildman–Crippen LogP) is 3.76. The standard InChI is InChI=1S/C29H36N2O6/c1-29(2,3)21-9-6-19(7-10-21)25-24(26(32)20-8-11-22(35-4)23(18-20)36-5)27(33)28(34)31(25)13-12-30-14-16-37-17-15-30/h6-11,18,25,32H,12-17H2,1-5H3/t25-/m1/s1. The van der Waals surface area contributed by atoms with Crippen LogP contribution in [0.3, 0.4) is 0 Å². The van der Waals surface area contributed by atoms with Gasteiger partial charge in [-0.05, 0) is 34.7 Å². The number of aliphatic hydroxyl groups excluding tert-OH is 1. The summed E-state index contributed by atoms with van der Waals surface area (Å²) in [7, 11) is 3.03. The van der Waals surface area contributed by atoms with Gasteiger partial charge in [-0.1, -0.05) is 45.0 Å². The third-order valence-corrected chi connectivity index (χ3v) is 7.05. The molecule has 0 radical (unpaired) electrons. The summed E-state index contributed by atoms with van der Waals surface area (Å²) in [5.74, 6) is -0.629. The number of likely N-dealkylation sites (tertiary alicyclic amines) is 1. The second kappa shape index (κ2) is 10.9. The molecule has 8 nitrogen and oxygen atoms in total. The lowest BCUT2D eigenvalue weighted by atomic mass is 9.85. The summed E-state index contributed by atoms with van der Waals surface area (Å²) in [6.07, 6.45) is 0. The number of aliphatic hydroxyl groups is 1. The smallest absolute Gasteiger partial charge is 0.295 e. The minimum absolute atomic E-state index is 0.0453. The normalized spacial score (nSPS) is 20.4. The highest BCUT2D eigenvalue weighted by Crippen LogP contribution is 2.41. The van der Waals surface area contributed by atoms with E-state index in [0.717, 1.165) is 24.2 Å². The fraction of sp³-hybridized carbons (Fsp3) is 0.448. The number of hydrogen-bond acceptors (Lipinski definition) is 7. The fourth-order valence-corrected chi connectivity index (χ4v) is 4.84. The van der Waals surface area contributed by atoms with E-state index in [2.05, 4.69) is 25.7 Å². The summed E-state index contributed by atoms with van der Waals surface area (Å²) in [6.45, 7) is 10.2. The SMILES string of the molecule is COc1ccc(C(O)=C2C(=O)C(=O)N(CCN3CCOCC3)[C@@H]2c2ccc(C(C)(C)C)cc2)cc1OC. The van der Waals surface area contributed by atoms with Gasteiger partial charge in [0.2, 0.25) is 0 Å². The van der Waals surface area contributed by atoms with Crippen LogP contribution in [0.15, 0.2) is 48.0 Å². The molecule has 0 bridgehead atoms. The summed E-state index contributed by atoms with van der Waals surface area (Å²) in [4.78, 5) is 30.5. The number of amides is 1. The van der Waals surface area contributed by atoms with Crippen LogP contribution in [0.25, 0.3) is 5.76 Å². The van der Waals surface area contributed by atoms with Crippen molar-refractivity contribution in [2.24, 2.45) is 0 Å². The molecule has 0 aromatic heterocycles. The van der Waals surface area contributed by atoms with E-state index in [1.165, 1.54) is 14.2 Å². The van der Waals surface area contributed by atoms with E-state index >= 15 is 0 Å². The highest BCUT2D eigenvalue weighted by atomic mass is 16.5. The number of carbonyl (C=O) groups is 2. The Kier molecular flexibility index (Phi) is 7.90. The van der Waals surface area contributed by atoms with Crippen LogP contribution < -0.4 is 9.47 Å². The summed E-state index contributed by atoms with van der Waals surface area (Å²) < 4.78 is 16.1. The molecular formula is C29H36N2O6. The molecule has 0 aliphatic carbocycles. The zero-order valence-corrected chi connectivity index (χ0v) is 22.2. The van der Waals surface area contributed by atoms with Crippen LogP contribution in [0.5, 0.6) is 11.5 Å². The second-order valence-electron chi connectivity index (χ2n) is 10.4. The van der Waals surface area contributed by atoms with E-state index in [4.69, 9.17) is 14.2 Å². The molecule has 0 spiro atoms. The summed E-state index contributed by atoms with van der Waals surface area (Å²) in [6, 6.07) is 12.1. The van der Waals surface area contributed by atoms with Crippen LogP contribution in [0, 0.1) is 0 Å². The average Bonchev–Trinajstić information content (AvgIpc) is 3.16. The van der Waals surface area contributed by atoms with Crippen molar-refractivity contribution >= 4 is 17.4 Å². The van der Waals surface area contributed by atoms with E-state index in [-0.39, 0.29) is 16.7 Å². The van der Waals surface area contributed by atoms with Crippen molar-refractivity contribution < 1.29 is 28.9 Å². The van der Waals surface area contributed by atoms with Crippen LogP contribution in [-0.4, -0.2) is 80.2 Å². The third-order valence-electron chi connectivity index (χ3n) is 7.05. The maximum atomic E-state index is 13.4. The lowest BCUT2D eigenvalue weighted by Gasteiger charge is -2.31. The van der Waals surface area contributed by atoms with Gasteiger partial charge in [0, 0.05) is 31.7 Å². The molecule has 2 aliphatic heterocycles. The quantitative estimate of drug-likeness (QED) is 0.346. The van der Waals surface area contributed by atoms with Crippen molar-refractivity contribution in [1.82, 2.24) is 9.80 Å². The van der Waals surface area contributed by atoms with Gasteiger partial charge in [-0.2, -0.15) is 0 Å². The minimum Gasteiger partial charge on any atom is -0.507 e. The molecule has 2 aromatic rings. The summed E-state index contributed by atoms with van der Waals surface area (Å²) >= 11 is 0. The zero-order valence-electron chi connectivity index (χ0n) is 22.2. The number of ketones is 1. The van der Waals surface area contributed by atoms with Crippen molar-refractivity contribution in [3.8, 4) is 11.5 Å². The Morgan fingerprint density at radius 1 is 0.973 bits per heavy atom. The molecule has 2 saturated heterocycles. The molecule has 0 unspecified atom stereocenters. The molecule has 2 aliphatic rings. The Bertz CT molecular complexity index is 1180. The number of morpholine rings is 1. The first kappa shape index (κ1) is 26.7. The first-order chi connectivity index (χ1) is 17.7. The fourth-order valence-electron chi connectivity index (χ4n) is 4.84. The van der Waals surface area contributed by atoms with E-state index < -0.39 is 17.7 Å². The van der Waals surface area contributed by atoms with Gasteiger partial charge >= 0.3 is 0 Å². The molecule has 0 saturated carbocycles. The topological polar surface area (TPSA) is 88.5 Å². The number of carbonyl (C=O) groups excluding carboxylic acids is 2. The largest absolute Gasteiger partial charge is 0.507 e. The van der Waals surface area contributed by atoms with E-state index in [1.807, 2.05) is 24.3 Å². The third kappa shape index (κ3) is 5.50. The predicted molar refractivity (Wildman–Crippen MR) is 141 cm³/mol. The van der Waals surface area contributed by atoms with E-state index in [1.54, 1.807) is 23.1 Å². The Morgan fingerprint density at radius 3 is 2.22 bits per heavy atom. The van der Waals surface area contributed by atoms with Crippen molar-refractivity contribution in [3.63, 3.8) is 0 Å². The van der Waals surface area contributed by atoms with E-state index in [0.29, 0.717) is 43.4 Å². The molecule has 8 heteroatoms. The van der Waals surface area contributed by atoms with Crippen molar-refractivity contribution in [2.75, 3.05) is 53.6 Å². The molecular weight excluding hydrogens is 472 g/mol. The average molecular weight is 509 g/mol. The van der Waals surface area contributed by atoms with Crippen molar-refractivity contribution in [1.29, 1.82) is 0 Å². The second-order valence-corrected chi connectivity index (χ2v) is 10.4. The van der Waals surface area contributed by atoms with Gasteiger partial charge < -0.3 is 24.2 Å². The molecule has 4 rings (SSSR count). The minimum atomic E-state index is -0.705. The van der Waals surface area contributed by atoms with Crippen LogP contribution in [-0.2, 0) is 19.7 Å². The van der Waals surface area contributed by atoms with Crippen molar-refractivity contribution in [2.45, 2.75) is 32.2 Å². The van der Waals surface area contributed by atoms with Gasteiger partial charge in [-0.15, -0.1) is 0 Å². The number of hydrogen-bond donors (Lipinski definition) is 1. The maximum Gasteiger partial charge on any atom is 0.295 e. The Hall–Kier alpha value is -3.36. The first-order valence-electron chi connectivity index (χ1n) is 12.6. The molecule has 2 fully saturated rings. The van der Waals surface area contributed by atoms with Crippen LogP contribution in [0.2, 0.25) is 0 Å².